The highest BCUT2D eigenvalue weighted by Gasteiger charge is 2.04. The summed E-state index contributed by atoms with van der Waals surface area (Å²) in [7, 11) is 0. The van der Waals surface area contributed by atoms with Crippen molar-refractivity contribution in [2.24, 2.45) is 0 Å². The van der Waals surface area contributed by atoms with Gasteiger partial charge < -0.3 is 19.9 Å². The Morgan fingerprint density at radius 1 is 1.16 bits per heavy atom. The Morgan fingerprint density at radius 2 is 1.89 bits per heavy atom. The Hall–Kier alpha value is -2.12. The van der Waals surface area contributed by atoms with Crippen LogP contribution in [-0.4, -0.2) is 22.2 Å². The zero-order valence-electron chi connectivity index (χ0n) is 9.91. The van der Waals surface area contributed by atoms with Gasteiger partial charge in [0.1, 0.15) is 5.76 Å². The van der Waals surface area contributed by atoms with E-state index in [9.17, 15) is 0 Å². The molecule has 0 atom stereocenters. The molecule has 2 heterocycles. The van der Waals surface area contributed by atoms with Gasteiger partial charge in [0.05, 0.1) is 12.8 Å². The number of rotatable bonds is 4. The first-order valence-electron chi connectivity index (χ1n) is 5.31. The van der Waals surface area contributed by atoms with Crippen LogP contribution in [0.1, 0.15) is 10.6 Å². The van der Waals surface area contributed by atoms with Crippen LogP contribution in [0.3, 0.4) is 0 Å². The summed E-state index contributed by atoms with van der Waals surface area (Å²) >= 11 is 1.77. The molecule has 3 N–H and O–H groups in total. The van der Waals surface area contributed by atoms with Gasteiger partial charge in [-0.05, 0) is 23.6 Å². The fourth-order valence-corrected chi connectivity index (χ4v) is 1.81. The standard InChI is InChI=1S/C10H11NOS.C2H2O4/c1-3-9(12-5-1)7-11-8-10-4-2-6-13-10;3-1(4)2(5)6/h1-6,11H,7-8H2;(H,3,4)(H,5,6). The molecule has 0 aliphatic carbocycles. The molecule has 0 fully saturated rings. The van der Waals surface area contributed by atoms with Crippen molar-refractivity contribution >= 4 is 23.3 Å². The van der Waals surface area contributed by atoms with Crippen molar-refractivity contribution in [2.75, 3.05) is 0 Å². The van der Waals surface area contributed by atoms with Crippen molar-refractivity contribution in [2.45, 2.75) is 13.1 Å². The molecule has 19 heavy (non-hydrogen) atoms. The maximum Gasteiger partial charge on any atom is 0.414 e. The molecule has 0 unspecified atom stereocenters. The van der Waals surface area contributed by atoms with E-state index in [1.54, 1.807) is 17.6 Å². The largest absolute Gasteiger partial charge is 0.473 e. The van der Waals surface area contributed by atoms with E-state index in [1.807, 2.05) is 12.1 Å². The summed E-state index contributed by atoms with van der Waals surface area (Å²) in [5.41, 5.74) is 0. The fourth-order valence-electron chi connectivity index (χ4n) is 1.14. The van der Waals surface area contributed by atoms with E-state index in [4.69, 9.17) is 24.2 Å². The van der Waals surface area contributed by atoms with Crippen LogP contribution in [-0.2, 0) is 22.7 Å². The lowest BCUT2D eigenvalue weighted by Crippen LogP contribution is -2.10. The van der Waals surface area contributed by atoms with Crippen LogP contribution in [0, 0.1) is 0 Å². The number of aliphatic carboxylic acids is 2. The molecule has 2 aromatic rings. The molecule has 0 spiro atoms. The minimum Gasteiger partial charge on any atom is -0.473 e. The molecule has 7 heteroatoms. The van der Waals surface area contributed by atoms with Gasteiger partial charge >= 0.3 is 11.9 Å². The minimum atomic E-state index is -1.82. The monoisotopic (exact) mass is 283 g/mol. The van der Waals surface area contributed by atoms with Gasteiger partial charge in [0, 0.05) is 11.4 Å². The Kier molecular flexibility index (Phi) is 6.34. The van der Waals surface area contributed by atoms with Crippen molar-refractivity contribution in [3.05, 3.63) is 46.5 Å². The molecular formula is C12H13NO5S. The van der Waals surface area contributed by atoms with Crippen molar-refractivity contribution in [1.82, 2.24) is 5.32 Å². The molecular weight excluding hydrogens is 270 g/mol. The van der Waals surface area contributed by atoms with Gasteiger partial charge in [-0.1, -0.05) is 6.07 Å². The predicted octanol–water partition coefficient (Wildman–Crippen LogP) is 1.79. The number of furan rings is 1. The average Bonchev–Trinajstić information content (AvgIpc) is 3.02. The Bertz CT molecular complexity index is 446. The molecule has 0 aromatic carbocycles. The number of nitrogens with one attached hydrogen (secondary N) is 1. The molecule has 6 nitrogen and oxygen atoms in total. The van der Waals surface area contributed by atoms with Crippen LogP contribution in [0.4, 0.5) is 0 Å². The summed E-state index contributed by atoms with van der Waals surface area (Å²) in [6.07, 6.45) is 1.70. The van der Waals surface area contributed by atoms with Gasteiger partial charge in [-0.3, -0.25) is 0 Å². The highest BCUT2D eigenvalue weighted by Crippen LogP contribution is 2.08. The Labute approximate surface area is 113 Å². The quantitative estimate of drug-likeness (QED) is 0.740. The lowest BCUT2D eigenvalue weighted by atomic mass is 10.4. The van der Waals surface area contributed by atoms with Crippen LogP contribution in [0.15, 0.2) is 40.3 Å². The van der Waals surface area contributed by atoms with Crippen LogP contribution < -0.4 is 5.32 Å². The lowest BCUT2D eigenvalue weighted by Gasteiger charge is -1.98. The minimum absolute atomic E-state index is 0.797. The molecule has 0 aliphatic heterocycles. The third-order valence-electron chi connectivity index (χ3n) is 1.94. The highest BCUT2D eigenvalue weighted by molar-refractivity contribution is 7.09. The summed E-state index contributed by atoms with van der Waals surface area (Å²) in [6, 6.07) is 8.07. The Morgan fingerprint density at radius 3 is 2.37 bits per heavy atom. The zero-order chi connectivity index (χ0) is 14.1. The van der Waals surface area contributed by atoms with Crippen molar-refractivity contribution < 1.29 is 24.2 Å². The van der Waals surface area contributed by atoms with E-state index >= 15 is 0 Å². The first-order chi connectivity index (χ1) is 9.09. The topological polar surface area (TPSA) is 99.8 Å². The molecule has 102 valence electrons. The summed E-state index contributed by atoms with van der Waals surface area (Å²) in [4.78, 5) is 19.6. The second-order valence-electron chi connectivity index (χ2n) is 3.37. The molecule has 0 bridgehead atoms. The lowest BCUT2D eigenvalue weighted by molar-refractivity contribution is -0.159. The molecule has 2 aromatic heterocycles. The summed E-state index contributed by atoms with van der Waals surface area (Å²) < 4.78 is 5.19. The average molecular weight is 283 g/mol. The van der Waals surface area contributed by atoms with E-state index in [-0.39, 0.29) is 0 Å². The molecule has 0 amide bonds. The van der Waals surface area contributed by atoms with Gasteiger partial charge in [-0.25, -0.2) is 9.59 Å². The fraction of sp³-hybridized carbons (Fsp3) is 0.167. The number of hydrogen-bond donors (Lipinski definition) is 3. The van der Waals surface area contributed by atoms with Crippen LogP contribution in [0.5, 0.6) is 0 Å². The molecule has 0 aliphatic rings. The SMILES string of the molecule is O=C(O)C(=O)O.c1coc(CNCc2cccs2)c1. The zero-order valence-corrected chi connectivity index (χ0v) is 10.7. The number of carboxylic acid groups (broad SMARTS) is 2. The second-order valence-corrected chi connectivity index (χ2v) is 4.40. The first-order valence-corrected chi connectivity index (χ1v) is 6.19. The second kappa shape index (κ2) is 8.06. The summed E-state index contributed by atoms with van der Waals surface area (Å²) in [5, 5.41) is 20.2. The maximum absolute atomic E-state index is 9.10. The van der Waals surface area contributed by atoms with E-state index in [2.05, 4.69) is 22.8 Å². The number of hydrogen-bond acceptors (Lipinski definition) is 5. The van der Waals surface area contributed by atoms with Crippen LogP contribution in [0.2, 0.25) is 0 Å². The number of carbonyl (C=O) groups is 2. The van der Waals surface area contributed by atoms with Crippen LogP contribution in [0.25, 0.3) is 0 Å². The van der Waals surface area contributed by atoms with Gasteiger partial charge in [-0.15, -0.1) is 11.3 Å². The van der Waals surface area contributed by atoms with E-state index in [0.717, 1.165) is 18.8 Å². The van der Waals surface area contributed by atoms with Crippen LogP contribution >= 0.6 is 11.3 Å². The number of thiophene rings is 1. The van der Waals surface area contributed by atoms with Crippen molar-refractivity contribution in [3.63, 3.8) is 0 Å². The highest BCUT2D eigenvalue weighted by atomic mass is 32.1. The van der Waals surface area contributed by atoms with Gasteiger partial charge in [0.2, 0.25) is 0 Å². The van der Waals surface area contributed by atoms with E-state index < -0.39 is 11.9 Å². The normalized spacial score (nSPS) is 9.47. The third kappa shape index (κ3) is 6.39. The van der Waals surface area contributed by atoms with Gasteiger partial charge in [-0.2, -0.15) is 0 Å². The van der Waals surface area contributed by atoms with E-state index in [1.165, 1.54) is 4.88 Å². The molecule has 0 saturated carbocycles. The van der Waals surface area contributed by atoms with Crippen molar-refractivity contribution in [3.8, 4) is 0 Å². The molecule has 0 radical (unpaired) electrons. The van der Waals surface area contributed by atoms with E-state index in [0.29, 0.717) is 0 Å². The van der Waals surface area contributed by atoms with Crippen molar-refractivity contribution in [1.29, 1.82) is 0 Å². The maximum atomic E-state index is 9.10. The molecule has 2 rings (SSSR count). The first kappa shape index (κ1) is 14.9. The Balaban J connectivity index is 0.000000258. The van der Waals surface area contributed by atoms with Gasteiger partial charge in [0.15, 0.2) is 0 Å². The predicted molar refractivity (Wildman–Crippen MR) is 68.8 cm³/mol. The summed E-state index contributed by atoms with van der Waals surface area (Å²) in [5.74, 6) is -2.67. The molecule has 0 saturated heterocycles. The number of carboxylic acids is 2. The summed E-state index contributed by atoms with van der Waals surface area (Å²) in [6.45, 7) is 1.71. The van der Waals surface area contributed by atoms with Gasteiger partial charge in [0.25, 0.3) is 0 Å². The smallest absolute Gasteiger partial charge is 0.414 e. The third-order valence-corrected chi connectivity index (χ3v) is 2.82.